The van der Waals surface area contributed by atoms with E-state index < -0.39 is 30.4 Å². The first-order valence-electron chi connectivity index (χ1n) is 11.5. The highest BCUT2D eigenvalue weighted by Gasteiger charge is 2.47. The van der Waals surface area contributed by atoms with E-state index in [0.717, 1.165) is 12.8 Å². The van der Waals surface area contributed by atoms with Crippen LogP contribution < -0.4 is 11.1 Å². The van der Waals surface area contributed by atoms with Crippen molar-refractivity contribution in [1.82, 2.24) is 29.7 Å². The average Bonchev–Trinajstić information content (AvgIpc) is 3.58. The summed E-state index contributed by atoms with van der Waals surface area (Å²) in [5.41, 5.74) is 7.15. The maximum Gasteiger partial charge on any atom is 0.254 e. The number of amides is 2. The monoisotopic (exact) mass is 491 g/mol. The van der Waals surface area contributed by atoms with Crippen molar-refractivity contribution < 1.29 is 24.5 Å². The third-order valence-electron chi connectivity index (χ3n) is 6.18. The Morgan fingerprint density at radius 1 is 1.22 bits per heavy atom. The highest BCUT2D eigenvalue weighted by molar-refractivity contribution is 5.94. The second-order valence-electron chi connectivity index (χ2n) is 8.63. The minimum atomic E-state index is -1.44. The minimum absolute atomic E-state index is 0.0679. The van der Waals surface area contributed by atoms with Gasteiger partial charge in [-0.1, -0.05) is 24.1 Å². The van der Waals surface area contributed by atoms with Crippen LogP contribution in [0.5, 0.6) is 0 Å². The van der Waals surface area contributed by atoms with Crippen molar-refractivity contribution in [2.24, 2.45) is 0 Å². The van der Waals surface area contributed by atoms with Gasteiger partial charge < -0.3 is 30.9 Å². The van der Waals surface area contributed by atoms with Crippen LogP contribution in [-0.4, -0.2) is 84.4 Å². The van der Waals surface area contributed by atoms with E-state index in [2.05, 4.69) is 32.1 Å². The molecule has 36 heavy (non-hydrogen) atoms. The van der Waals surface area contributed by atoms with Crippen LogP contribution in [0, 0.1) is 11.8 Å². The number of carbonyl (C=O) groups excluding carboxylic acids is 2. The third-order valence-corrected chi connectivity index (χ3v) is 6.18. The number of carbonyl (C=O) groups is 2. The molecule has 0 radical (unpaired) electrons. The summed E-state index contributed by atoms with van der Waals surface area (Å²) in [6.45, 7) is 0.198. The number of ether oxygens (including phenoxy) is 1. The van der Waals surface area contributed by atoms with Crippen LogP contribution in [0.4, 0.5) is 5.82 Å². The summed E-state index contributed by atoms with van der Waals surface area (Å²) in [5.74, 6) is 5.33. The Balaban J connectivity index is 1.40. The summed E-state index contributed by atoms with van der Waals surface area (Å²) in [7, 11) is 1.40. The van der Waals surface area contributed by atoms with Gasteiger partial charge in [-0.25, -0.2) is 15.0 Å². The molecular weight excluding hydrogens is 466 g/mol. The largest absolute Gasteiger partial charge is 0.387 e. The van der Waals surface area contributed by atoms with Crippen LogP contribution in [0.25, 0.3) is 11.2 Å². The molecule has 3 aromatic rings. The number of imidazole rings is 1. The number of anilines is 1. The minimum Gasteiger partial charge on any atom is -0.387 e. The number of nitrogen functional groups attached to an aromatic ring is 1. The van der Waals surface area contributed by atoms with E-state index in [1.54, 1.807) is 17.0 Å². The van der Waals surface area contributed by atoms with Crippen LogP contribution in [0.3, 0.4) is 0 Å². The Labute approximate surface area is 206 Å². The molecule has 0 bridgehead atoms. The van der Waals surface area contributed by atoms with Crippen molar-refractivity contribution in [3.63, 3.8) is 0 Å². The van der Waals surface area contributed by atoms with Crippen LogP contribution in [-0.2, 0) is 9.53 Å². The molecule has 1 saturated carbocycles. The molecule has 12 heteroatoms. The molecule has 2 fully saturated rings. The fraction of sp³-hybridized carbons (Fsp3) is 0.375. The second kappa shape index (κ2) is 9.54. The standard InChI is InChI=1S/C24H25N7O5/c1-26-22(34)19-17(32)18(33)24(36-19)31-12-27-16-20(25)28-15(29-21(16)31)8-5-11-30(14-9-10-14)23(35)13-6-3-2-4-7-13/h2-4,6-7,12,14,17-19,24,32-33H,9-11H2,1H3,(H,26,34)(H2,25,28,29)/t17-,18+,19-,24+/m0/s1. The lowest BCUT2D eigenvalue weighted by Crippen LogP contribution is -2.41. The van der Waals surface area contributed by atoms with Crippen molar-refractivity contribution in [2.45, 2.75) is 43.4 Å². The summed E-state index contributed by atoms with van der Waals surface area (Å²) in [6.07, 6.45) is -2.04. The summed E-state index contributed by atoms with van der Waals surface area (Å²) >= 11 is 0. The molecule has 5 N–H and O–H groups in total. The van der Waals surface area contributed by atoms with Gasteiger partial charge in [0.25, 0.3) is 11.8 Å². The molecule has 3 heterocycles. The van der Waals surface area contributed by atoms with Gasteiger partial charge in [0.1, 0.15) is 17.7 Å². The number of rotatable bonds is 5. The molecule has 1 aromatic carbocycles. The number of likely N-dealkylation sites (N-methyl/N-ethyl adjacent to an activating group) is 1. The van der Waals surface area contributed by atoms with Crippen molar-refractivity contribution in [1.29, 1.82) is 0 Å². The second-order valence-corrected chi connectivity index (χ2v) is 8.63. The SMILES string of the molecule is CNC(=O)[C@H]1O[C@@H](n2cnc3c(N)nc(C#CCN(C(=O)c4ccccc4)C4CC4)nc32)[C@H](O)[C@@H]1O. The fourth-order valence-corrected chi connectivity index (χ4v) is 4.13. The number of nitrogens with two attached hydrogens (primary N) is 1. The van der Waals surface area contributed by atoms with Crippen LogP contribution in [0.1, 0.15) is 35.3 Å². The number of hydrogen-bond acceptors (Lipinski definition) is 9. The van der Waals surface area contributed by atoms with Crippen molar-refractivity contribution in [3.05, 3.63) is 48.0 Å². The molecule has 12 nitrogen and oxygen atoms in total. The molecular formula is C24H25N7O5. The number of aromatic nitrogens is 4. The first-order chi connectivity index (χ1) is 17.4. The van der Waals surface area contributed by atoms with Crippen LogP contribution in [0.15, 0.2) is 36.7 Å². The van der Waals surface area contributed by atoms with E-state index in [9.17, 15) is 19.8 Å². The number of fused-ring (bicyclic) bond motifs is 1. The zero-order chi connectivity index (χ0) is 25.4. The molecule has 4 atom stereocenters. The van der Waals surface area contributed by atoms with Gasteiger partial charge in [0.05, 0.1) is 12.9 Å². The number of nitrogens with zero attached hydrogens (tertiary/aromatic N) is 5. The number of hydrogen-bond donors (Lipinski definition) is 4. The van der Waals surface area contributed by atoms with E-state index in [0.29, 0.717) is 5.56 Å². The predicted molar refractivity (Wildman–Crippen MR) is 127 cm³/mol. The summed E-state index contributed by atoms with van der Waals surface area (Å²) in [6, 6.07) is 9.20. The first-order valence-corrected chi connectivity index (χ1v) is 11.5. The van der Waals surface area contributed by atoms with Gasteiger partial charge in [-0.05, 0) is 30.9 Å². The molecule has 186 valence electrons. The highest BCUT2D eigenvalue weighted by Crippen LogP contribution is 2.32. The summed E-state index contributed by atoms with van der Waals surface area (Å²) in [4.78, 5) is 39.4. The van der Waals surface area contributed by atoms with Gasteiger partial charge in [0.2, 0.25) is 5.82 Å². The molecule has 1 aliphatic heterocycles. The average molecular weight is 492 g/mol. The van der Waals surface area contributed by atoms with E-state index in [4.69, 9.17) is 10.5 Å². The lowest BCUT2D eigenvalue weighted by Gasteiger charge is -2.19. The lowest BCUT2D eigenvalue weighted by molar-refractivity contribution is -0.137. The molecule has 0 spiro atoms. The Kier molecular flexibility index (Phi) is 6.27. The number of aliphatic hydroxyl groups is 2. The Morgan fingerprint density at radius 3 is 2.67 bits per heavy atom. The summed E-state index contributed by atoms with van der Waals surface area (Å²) in [5, 5.41) is 23.2. The Morgan fingerprint density at radius 2 is 1.97 bits per heavy atom. The van der Waals surface area contributed by atoms with Gasteiger partial charge >= 0.3 is 0 Å². The van der Waals surface area contributed by atoms with Gasteiger partial charge in [-0.15, -0.1) is 0 Å². The van der Waals surface area contributed by atoms with E-state index in [1.807, 2.05) is 18.2 Å². The van der Waals surface area contributed by atoms with Crippen molar-refractivity contribution in [2.75, 3.05) is 19.3 Å². The number of benzene rings is 1. The predicted octanol–water partition coefficient (Wildman–Crippen LogP) is -0.570. The van der Waals surface area contributed by atoms with Crippen molar-refractivity contribution >= 4 is 28.8 Å². The maximum atomic E-state index is 12.9. The number of nitrogens with one attached hydrogen (secondary N) is 1. The van der Waals surface area contributed by atoms with E-state index >= 15 is 0 Å². The Bertz CT molecular complexity index is 1360. The first kappa shape index (κ1) is 23.7. The van der Waals surface area contributed by atoms with Crippen LogP contribution >= 0.6 is 0 Å². The van der Waals surface area contributed by atoms with Crippen molar-refractivity contribution in [3.8, 4) is 11.8 Å². The molecule has 2 aliphatic rings. The van der Waals surface area contributed by atoms with Crippen LogP contribution in [0.2, 0.25) is 0 Å². The topological polar surface area (TPSA) is 169 Å². The molecule has 0 unspecified atom stereocenters. The molecule has 2 amide bonds. The third kappa shape index (κ3) is 4.35. The van der Waals surface area contributed by atoms with Gasteiger partial charge in [-0.3, -0.25) is 14.2 Å². The lowest BCUT2D eigenvalue weighted by atomic mass is 10.1. The van der Waals surface area contributed by atoms with E-state index in [1.165, 1.54) is 17.9 Å². The van der Waals surface area contributed by atoms with Gasteiger partial charge in [-0.2, -0.15) is 0 Å². The Hall–Kier alpha value is -4.05. The fourth-order valence-electron chi connectivity index (χ4n) is 4.13. The quantitative estimate of drug-likeness (QED) is 0.342. The van der Waals surface area contributed by atoms with Gasteiger partial charge in [0.15, 0.2) is 23.8 Å². The normalized spacial score (nSPS) is 23.2. The zero-order valence-corrected chi connectivity index (χ0v) is 19.4. The van der Waals surface area contributed by atoms with Gasteiger partial charge in [0, 0.05) is 18.7 Å². The molecule has 5 rings (SSSR count). The summed E-state index contributed by atoms with van der Waals surface area (Å²) < 4.78 is 6.99. The molecule has 1 aliphatic carbocycles. The maximum absolute atomic E-state index is 12.9. The number of aliphatic hydroxyl groups excluding tert-OH is 2. The molecule has 2 aromatic heterocycles. The molecule has 1 saturated heterocycles. The van der Waals surface area contributed by atoms with E-state index in [-0.39, 0.29) is 41.3 Å². The highest BCUT2D eigenvalue weighted by atomic mass is 16.6. The zero-order valence-electron chi connectivity index (χ0n) is 19.4. The smallest absolute Gasteiger partial charge is 0.254 e.